The van der Waals surface area contributed by atoms with E-state index in [2.05, 4.69) is 12.1 Å². The van der Waals surface area contributed by atoms with Crippen molar-refractivity contribution in [3.63, 3.8) is 0 Å². The predicted octanol–water partition coefficient (Wildman–Crippen LogP) is 1.92. The molecular weight excluding hydrogens is 238 g/mol. The fourth-order valence-corrected chi connectivity index (χ4v) is 1.34. The van der Waals surface area contributed by atoms with E-state index >= 15 is 0 Å². The quantitative estimate of drug-likeness (QED) is 0.406. The molecule has 0 atom stereocenters. The van der Waals surface area contributed by atoms with Gasteiger partial charge in [-0.15, -0.1) is 6.58 Å². The fourth-order valence-electron chi connectivity index (χ4n) is 1.34. The van der Waals surface area contributed by atoms with E-state index in [1.165, 1.54) is 12.1 Å². The zero-order valence-corrected chi connectivity index (χ0v) is 9.77. The van der Waals surface area contributed by atoms with Gasteiger partial charge in [0.2, 0.25) is 0 Å². The maximum absolute atomic E-state index is 11.0. The lowest BCUT2D eigenvalue weighted by Gasteiger charge is -2.12. The first-order chi connectivity index (χ1) is 8.47. The Morgan fingerprint density at radius 1 is 1.39 bits per heavy atom. The van der Waals surface area contributed by atoms with Crippen LogP contribution in [0.15, 0.2) is 24.8 Å². The lowest BCUT2D eigenvalue weighted by molar-refractivity contribution is 0.0695. The molecule has 3 N–H and O–H groups in total. The molecule has 0 saturated carbocycles. The Labute approximate surface area is 103 Å². The average molecular weight is 251 g/mol. The van der Waals surface area contributed by atoms with Crippen LogP contribution in [0.4, 0.5) is 5.69 Å². The monoisotopic (exact) mass is 251 g/mol. The van der Waals surface area contributed by atoms with Gasteiger partial charge in [-0.25, -0.2) is 9.59 Å². The summed E-state index contributed by atoms with van der Waals surface area (Å²) >= 11 is 0. The summed E-state index contributed by atoms with van der Waals surface area (Å²) in [6, 6.07) is 2.42. The molecule has 0 aliphatic heterocycles. The highest BCUT2D eigenvalue weighted by Crippen LogP contribution is 2.22. The first-order valence-electron chi connectivity index (χ1n) is 5.07. The van der Waals surface area contributed by atoms with Crippen LogP contribution in [0.2, 0.25) is 0 Å². The molecule has 0 saturated heterocycles. The lowest BCUT2D eigenvalue weighted by Crippen LogP contribution is -2.10. The summed E-state index contributed by atoms with van der Waals surface area (Å²) in [5, 5.41) is 17.9. The van der Waals surface area contributed by atoms with Crippen molar-refractivity contribution < 1.29 is 24.6 Å². The molecule has 1 rings (SSSR count). The van der Waals surface area contributed by atoms with E-state index in [1.807, 2.05) is 0 Å². The highest BCUT2D eigenvalue weighted by atomic mass is 16.6. The van der Waals surface area contributed by atoms with Crippen molar-refractivity contribution in [2.75, 3.05) is 12.1 Å². The lowest BCUT2D eigenvalue weighted by atomic mass is 10.0. The molecule has 0 radical (unpaired) electrons. The first-order valence-corrected chi connectivity index (χ1v) is 5.07. The Balaban J connectivity index is 3.18. The molecule has 0 unspecified atom stereocenters. The van der Waals surface area contributed by atoms with Gasteiger partial charge in [0.15, 0.2) is 0 Å². The second kappa shape index (κ2) is 5.83. The summed E-state index contributed by atoms with van der Waals surface area (Å²) in [4.78, 5) is 26.9. The van der Waals surface area contributed by atoms with Crippen LogP contribution in [0.5, 0.6) is 0 Å². The van der Waals surface area contributed by atoms with Gasteiger partial charge in [0, 0.05) is 0 Å². The molecule has 96 valence electrons. The van der Waals surface area contributed by atoms with Crippen molar-refractivity contribution in [1.82, 2.24) is 0 Å². The van der Waals surface area contributed by atoms with Crippen molar-refractivity contribution in [1.29, 1.82) is 0 Å². The van der Waals surface area contributed by atoms with Gasteiger partial charge >= 0.3 is 11.9 Å². The molecule has 1 aromatic rings. The minimum absolute atomic E-state index is 0.0837. The molecule has 0 spiro atoms. The van der Waals surface area contributed by atoms with E-state index in [0.29, 0.717) is 11.3 Å². The number of benzene rings is 1. The summed E-state index contributed by atoms with van der Waals surface area (Å²) < 4.78 is 0. The Kier molecular flexibility index (Phi) is 4.45. The minimum Gasteiger partial charge on any atom is -0.478 e. The molecule has 6 heteroatoms. The van der Waals surface area contributed by atoms with Crippen LogP contribution in [0, 0.1) is 6.92 Å². The van der Waals surface area contributed by atoms with Gasteiger partial charge in [0.1, 0.15) is 0 Å². The number of carboxylic acid groups (broad SMARTS) is 2. The van der Waals surface area contributed by atoms with Gasteiger partial charge in [-0.2, -0.15) is 0 Å². The van der Waals surface area contributed by atoms with Gasteiger partial charge in [-0.1, -0.05) is 6.08 Å². The molecule has 0 heterocycles. The van der Waals surface area contributed by atoms with Crippen molar-refractivity contribution in [2.24, 2.45) is 0 Å². The number of aromatic carboxylic acids is 2. The molecule has 0 amide bonds. The highest BCUT2D eigenvalue weighted by Gasteiger charge is 2.16. The van der Waals surface area contributed by atoms with Crippen molar-refractivity contribution in [3.05, 3.63) is 41.5 Å². The third kappa shape index (κ3) is 3.08. The highest BCUT2D eigenvalue weighted by molar-refractivity contribution is 5.97. The number of rotatable bonds is 6. The maximum atomic E-state index is 11.0. The van der Waals surface area contributed by atoms with E-state index < -0.39 is 11.9 Å². The third-order valence-electron chi connectivity index (χ3n) is 2.27. The van der Waals surface area contributed by atoms with Gasteiger partial charge in [0.05, 0.1) is 23.4 Å². The summed E-state index contributed by atoms with van der Waals surface area (Å²) in [6.07, 6.45) is 1.50. The number of anilines is 1. The molecule has 6 nitrogen and oxygen atoms in total. The summed E-state index contributed by atoms with van der Waals surface area (Å²) in [5.41, 5.74) is 3.00. The number of hydrogen-bond donors (Lipinski definition) is 3. The molecule has 0 aromatic heterocycles. The smallest absolute Gasteiger partial charge is 0.336 e. The van der Waals surface area contributed by atoms with Crippen LogP contribution >= 0.6 is 0 Å². The second-order valence-electron chi connectivity index (χ2n) is 3.51. The summed E-state index contributed by atoms with van der Waals surface area (Å²) in [5.74, 6) is -2.40. The van der Waals surface area contributed by atoms with Crippen LogP contribution in [0.25, 0.3) is 0 Å². The molecule has 0 fully saturated rings. The fraction of sp³-hybridized carbons (Fsp3) is 0.167. The minimum atomic E-state index is -1.20. The van der Waals surface area contributed by atoms with Crippen molar-refractivity contribution in [2.45, 2.75) is 6.92 Å². The van der Waals surface area contributed by atoms with Gasteiger partial charge in [0.25, 0.3) is 0 Å². The van der Waals surface area contributed by atoms with E-state index in [0.717, 1.165) is 6.07 Å². The maximum Gasteiger partial charge on any atom is 0.336 e. The standard InChI is InChI=1S/C12H13NO5/c1-3-4-18-13-10-6-8(11(14)15)5-9(7(10)2)12(16)17/h3,5-6,13H,1,4H2,2H3,(H,14,15)(H,16,17). The number of carboxylic acids is 2. The van der Waals surface area contributed by atoms with Crippen LogP contribution in [0.3, 0.4) is 0 Å². The topological polar surface area (TPSA) is 95.9 Å². The molecule has 0 aliphatic carbocycles. The third-order valence-corrected chi connectivity index (χ3v) is 2.27. The summed E-state index contributed by atoms with van der Waals surface area (Å²) in [7, 11) is 0. The zero-order valence-electron chi connectivity index (χ0n) is 9.77. The van der Waals surface area contributed by atoms with Gasteiger partial charge < -0.3 is 10.2 Å². The van der Waals surface area contributed by atoms with Gasteiger partial charge in [-0.3, -0.25) is 10.3 Å². The van der Waals surface area contributed by atoms with Crippen LogP contribution < -0.4 is 5.48 Å². The van der Waals surface area contributed by atoms with E-state index in [-0.39, 0.29) is 17.7 Å². The van der Waals surface area contributed by atoms with Crippen LogP contribution in [-0.2, 0) is 4.84 Å². The molecule has 1 aromatic carbocycles. The van der Waals surface area contributed by atoms with Crippen molar-refractivity contribution in [3.8, 4) is 0 Å². The summed E-state index contributed by atoms with van der Waals surface area (Å²) in [6.45, 7) is 5.22. The normalized spacial score (nSPS) is 9.83. The molecule has 18 heavy (non-hydrogen) atoms. The zero-order chi connectivity index (χ0) is 13.7. The predicted molar refractivity (Wildman–Crippen MR) is 64.9 cm³/mol. The molecule has 0 bridgehead atoms. The first kappa shape index (κ1) is 13.7. The SMILES string of the molecule is C=CCONc1cc(C(=O)O)cc(C(=O)O)c1C. The van der Waals surface area contributed by atoms with Crippen molar-refractivity contribution >= 4 is 17.6 Å². The van der Waals surface area contributed by atoms with E-state index in [4.69, 9.17) is 15.1 Å². The Bertz CT molecular complexity index is 495. The van der Waals surface area contributed by atoms with Crippen LogP contribution in [0.1, 0.15) is 26.3 Å². The van der Waals surface area contributed by atoms with Gasteiger partial charge in [-0.05, 0) is 24.6 Å². The molecular formula is C12H13NO5. The Hall–Kier alpha value is -2.34. The second-order valence-corrected chi connectivity index (χ2v) is 3.51. The number of nitrogens with one attached hydrogen (secondary N) is 1. The number of carbonyl (C=O) groups is 2. The molecule has 0 aliphatic rings. The average Bonchev–Trinajstić information content (AvgIpc) is 2.30. The van der Waals surface area contributed by atoms with Crippen LogP contribution in [-0.4, -0.2) is 28.8 Å². The van der Waals surface area contributed by atoms with E-state index in [9.17, 15) is 9.59 Å². The Morgan fingerprint density at radius 2 is 2.06 bits per heavy atom. The largest absolute Gasteiger partial charge is 0.478 e. The Morgan fingerprint density at radius 3 is 2.56 bits per heavy atom. The van der Waals surface area contributed by atoms with E-state index in [1.54, 1.807) is 6.92 Å². The number of hydrogen-bond acceptors (Lipinski definition) is 4.